The van der Waals surface area contributed by atoms with E-state index in [9.17, 15) is 9.59 Å². The second-order valence-electron chi connectivity index (χ2n) is 8.16. The Balaban J connectivity index is 1.60. The molecule has 1 aliphatic rings. The third-order valence-corrected chi connectivity index (χ3v) is 6.58. The highest BCUT2D eigenvalue weighted by molar-refractivity contribution is 7.80. The van der Waals surface area contributed by atoms with Gasteiger partial charge in [0.2, 0.25) is 5.91 Å². The number of halogens is 1. The van der Waals surface area contributed by atoms with E-state index in [4.69, 9.17) is 28.6 Å². The van der Waals surface area contributed by atoms with Gasteiger partial charge in [-0.3, -0.25) is 19.2 Å². The fourth-order valence-electron chi connectivity index (χ4n) is 3.91. The van der Waals surface area contributed by atoms with E-state index in [1.165, 1.54) is 4.90 Å². The van der Waals surface area contributed by atoms with Crippen molar-refractivity contribution < 1.29 is 14.3 Å². The molecule has 0 spiro atoms. The van der Waals surface area contributed by atoms with Gasteiger partial charge in [-0.2, -0.15) is 5.10 Å². The molecule has 0 radical (unpaired) electrons. The van der Waals surface area contributed by atoms with Crippen LogP contribution in [0.15, 0.2) is 54.7 Å². The number of nitrogens with zero attached hydrogens (tertiary/aromatic N) is 4. The van der Waals surface area contributed by atoms with Crippen molar-refractivity contribution in [3.05, 3.63) is 71.0 Å². The van der Waals surface area contributed by atoms with E-state index < -0.39 is 6.04 Å². The highest BCUT2D eigenvalue weighted by Crippen LogP contribution is 2.30. The minimum Gasteiger partial charge on any atom is -0.494 e. The topological polar surface area (TPSA) is 79.7 Å². The molecule has 4 rings (SSSR count). The van der Waals surface area contributed by atoms with Gasteiger partial charge in [0, 0.05) is 35.6 Å². The smallest absolute Gasteiger partial charge is 0.256 e. The molecule has 10 heteroatoms. The van der Waals surface area contributed by atoms with Crippen LogP contribution in [-0.4, -0.2) is 44.3 Å². The molecule has 0 saturated carbocycles. The Bertz CT molecular complexity index is 1240. The van der Waals surface area contributed by atoms with E-state index in [0.29, 0.717) is 40.4 Å². The predicted octanol–water partition coefficient (Wildman–Crippen LogP) is 4.31. The molecule has 2 aromatic carbocycles. The first-order chi connectivity index (χ1) is 16.8. The summed E-state index contributed by atoms with van der Waals surface area (Å²) in [6, 6.07) is 13.2. The SMILES string of the molecule is CCOc1ccc(N2C(=O)[C@H](CC(=O)Nc3ccc(Cl)cc3)N(Cc3cnn(C)c3C)C2=S)cc1. The van der Waals surface area contributed by atoms with Crippen LogP contribution in [0.3, 0.4) is 0 Å². The first-order valence-electron chi connectivity index (χ1n) is 11.2. The van der Waals surface area contributed by atoms with E-state index >= 15 is 0 Å². The number of aryl methyl sites for hydroxylation is 1. The zero-order chi connectivity index (χ0) is 25.1. The lowest BCUT2D eigenvalue weighted by molar-refractivity contribution is -0.124. The maximum atomic E-state index is 13.6. The monoisotopic (exact) mass is 511 g/mol. The van der Waals surface area contributed by atoms with Crippen LogP contribution in [0, 0.1) is 6.92 Å². The van der Waals surface area contributed by atoms with Crippen molar-refractivity contribution in [2.45, 2.75) is 32.9 Å². The zero-order valence-corrected chi connectivity index (χ0v) is 21.3. The van der Waals surface area contributed by atoms with E-state index in [1.54, 1.807) is 64.3 Å². The molecule has 2 amide bonds. The normalized spacial score (nSPS) is 15.6. The van der Waals surface area contributed by atoms with Crippen molar-refractivity contribution in [2.24, 2.45) is 7.05 Å². The van der Waals surface area contributed by atoms with Gasteiger partial charge in [-0.25, -0.2) is 0 Å². The number of amides is 2. The lowest BCUT2D eigenvalue weighted by Crippen LogP contribution is -2.37. The minimum atomic E-state index is -0.763. The van der Waals surface area contributed by atoms with Crippen LogP contribution >= 0.6 is 23.8 Å². The second-order valence-corrected chi connectivity index (χ2v) is 8.97. The quantitative estimate of drug-likeness (QED) is 0.454. The highest BCUT2D eigenvalue weighted by atomic mass is 35.5. The molecular weight excluding hydrogens is 486 g/mol. The van der Waals surface area contributed by atoms with Gasteiger partial charge < -0.3 is 15.0 Å². The van der Waals surface area contributed by atoms with Gasteiger partial charge in [-0.1, -0.05) is 11.6 Å². The fraction of sp³-hybridized carbons (Fsp3) is 0.280. The molecule has 1 aliphatic heterocycles. The molecule has 0 unspecified atom stereocenters. The molecule has 8 nitrogen and oxygen atoms in total. The number of hydrogen-bond acceptors (Lipinski definition) is 5. The van der Waals surface area contributed by atoms with Crippen molar-refractivity contribution in [1.29, 1.82) is 0 Å². The Morgan fingerprint density at radius 1 is 1.17 bits per heavy atom. The van der Waals surface area contributed by atoms with Gasteiger partial charge in [0.25, 0.3) is 5.91 Å². The van der Waals surface area contributed by atoms with Crippen molar-refractivity contribution in [2.75, 3.05) is 16.8 Å². The van der Waals surface area contributed by atoms with Crippen LogP contribution in [0.2, 0.25) is 5.02 Å². The van der Waals surface area contributed by atoms with E-state index in [2.05, 4.69) is 10.4 Å². The highest BCUT2D eigenvalue weighted by Gasteiger charge is 2.44. The molecule has 35 heavy (non-hydrogen) atoms. The summed E-state index contributed by atoms with van der Waals surface area (Å²) in [5.74, 6) is 0.150. The molecule has 182 valence electrons. The van der Waals surface area contributed by atoms with Crippen LogP contribution in [0.1, 0.15) is 24.6 Å². The molecule has 0 aliphatic carbocycles. The Kier molecular flexibility index (Phi) is 7.37. The van der Waals surface area contributed by atoms with E-state index in [1.807, 2.05) is 20.9 Å². The van der Waals surface area contributed by atoms with Crippen molar-refractivity contribution >= 4 is 52.1 Å². The van der Waals surface area contributed by atoms with Crippen molar-refractivity contribution in [1.82, 2.24) is 14.7 Å². The Hall–Kier alpha value is -3.43. The van der Waals surface area contributed by atoms with Gasteiger partial charge in [0.15, 0.2) is 5.11 Å². The van der Waals surface area contributed by atoms with Crippen LogP contribution < -0.4 is 15.0 Å². The molecule has 3 aromatic rings. The lowest BCUT2D eigenvalue weighted by atomic mass is 10.1. The molecule has 1 atom stereocenters. The summed E-state index contributed by atoms with van der Waals surface area (Å²) in [6.45, 7) is 4.76. The number of rotatable bonds is 8. The summed E-state index contributed by atoms with van der Waals surface area (Å²) >= 11 is 11.7. The van der Waals surface area contributed by atoms with Gasteiger partial charge in [0.05, 0.1) is 24.9 Å². The minimum absolute atomic E-state index is 0.0611. The molecule has 1 saturated heterocycles. The molecule has 1 fully saturated rings. The van der Waals surface area contributed by atoms with Gasteiger partial charge in [-0.05, 0) is 74.6 Å². The summed E-state index contributed by atoms with van der Waals surface area (Å²) in [5, 5.41) is 8.05. The van der Waals surface area contributed by atoms with E-state index in [0.717, 1.165) is 11.3 Å². The Morgan fingerprint density at radius 2 is 1.86 bits per heavy atom. The van der Waals surface area contributed by atoms with Crippen LogP contribution in [0.4, 0.5) is 11.4 Å². The van der Waals surface area contributed by atoms with Crippen LogP contribution in [0.25, 0.3) is 0 Å². The van der Waals surface area contributed by atoms with Crippen molar-refractivity contribution in [3.8, 4) is 5.75 Å². The average molecular weight is 512 g/mol. The summed E-state index contributed by atoms with van der Waals surface area (Å²) in [7, 11) is 1.86. The van der Waals surface area contributed by atoms with Crippen LogP contribution in [0.5, 0.6) is 5.75 Å². The summed E-state index contributed by atoms with van der Waals surface area (Å²) in [5.41, 5.74) is 3.12. The second kappa shape index (κ2) is 10.5. The first kappa shape index (κ1) is 24.7. The fourth-order valence-corrected chi connectivity index (χ4v) is 4.43. The van der Waals surface area contributed by atoms with Crippen molar-refractivity contribution in [3.63, 3.8) is 0 Å². The third-order valence-electron chi connectivity index (χ3n) is 5.91. The van der Waals surface area contributed by atoms with Crippen LogP contribution in [-0.2, 0) is 23.2 Å². The number of carbonyl (C=O) groups is 2. The van der Waals surface area contributed by atoms with Gasteiger partial charge >= 0.3 is 0 Å². The van der Waals surface area contributed by atoms with E-state index in [-0.39, 0.29) is 18.2 Å². The third kappa shape index (κ3) is 5.31. The number of aromatic nitrogens is 2. The Labute approximate surface area is 214 Å². The number of hydrogen-bond donors (Lipinski definition) is 1. The molecule has 1 aromatic heterocycles. The first-order valence-corrected chi connectivity index (χ1v) is 12.0. The summed E-state index contributed by atoms with van der Waals surface area (Å²) in [4.78, 5) is 29.8. The number of anilines is 2. The largest absolute Gasteiger partial charge is 0.494 e. The van der Waals surface area contributed by atoms with Gasteiger partial charge in [-0.15, -0.1) is 0 Å². The number of carbonyl (C=O) groups excluding carboxylic acids is 2. The zero-order valence-electron chi connectivity index (χ0n) is 19.7. The molecular formula is C25H26ClN5O3S. The maximum absolute atomic E-state index is 13.6. The average Bonchev–Trinajstić information content (AvgIpc) is 3.27. The molecule has 2 heterocycles. The maximum Gasteiger partial charge on any atom is 0.256 e. The number of nitrogens with one attached hydrogen (secondary N) is 1. The summed E-state index contributed by atoms with van der Waals surface area (Å²) in [6.07, 6.45) is 1.70. The Morgan fingerprint density at radius 3 is 2.46 bits per heavy atom. The van der Waals surface area contributed by atoms with Gasteiger partial charge in [0.1, 0.15) is 11.8 Å². The standard InChI is InChI=1S/C25H26ClN5O3S/c1-4-34-21-11-9-20(10-12-21)31-24(33)22(13-23(32)28-19-7-5-18(26)6-8-19)30(25(31)35)15-17-14-27-29(3)16(17)2/h5-12,14,22H,4,13,15H2,1-3H3,(H,28,32)/t22-/m0/s1. The molecule has 1 N–H and O–H groups in total. The number of ether oxygens (including phenoxy) is 1. The summed E-state index contributed by atoms with van der Waals surface area (Å²) < 4.78 is 7.28. The lowest BCUT2D eigenvalue weighted by Gasteiger charge is -2.23. The predicted molar refractivity (Wildman–Crippen MR) is 140 cm³/mol. The number of thiocarbonyl (C=S) groups is 1. The number of benzene rings is 2. The molecule has 0 bridgehead atoms.